The van der Waals surface area contributed by atoms with Crippen molar-refractivity contribution in [1.29, 1.82) is 0 Å². The van der Waals surface area contributed by atoms with E-state index < -0.39 is 0 Å². The van der Waals surface area contributed by atoms with E-state index in [9.17, 15) is 0 Å². The summed E-state index contributed by atoms with van der Waals surface area (Å²) in [6.07, 6.45) is 4.28. The minimum atomic E-state index is 0.610. The highest BCUT2D eigenvalue weighted by Gasteiger charge is 2.13. The first-order valence-corrected chi connectivity index (χ1v) is 7.58. The lowest BCUT2D eigenvalue weighted by Gasteiger charge is -2.27. The molecule has 0 bridgehead atoms. The van der Waals surface area contributed by atoms with Gasteiger partial charge in [-0.15, -0.1) is 6.58 Å². The molecule has 0 radical (unpaired) electrons. The van der Waals surface area contributed by atoms with E-state index in [0.29, 0.717) is 6.04 Å². The van der Waals surface area contributed by atoms with Crippen LogP contribution in [0.4, 0.5) is 0 Å². The molecule has 20 heavy (non-hydrogen) atoms. The van der Waals surface area contributed by atoms with Gasteiger partial charge in [0.15, 0.2) is 0 Å². The van der Waals surface area contributed by atoms with Crippen LogP contribution in [0.1, 0.15) is 31.5 Å². The molecule has 1 aromatic heterocycles. The van der Waals surface area contributed by atoms with Crippen LogP contribution in [0.3, 0.4) is 0 Å². The summed E-state index contributed by atoms with van der Waals surface area (Å²) in [5.74, 6) is 0. The van der Waals surface area contributed by atoms with Crippen molar-refractivity contribution in [2.45, 2.75) is 39.7 Å². The minimum Gasteiger partial charge on any atom is -0.358 e. The lowest BCUT2D eigenvalue weighted by atomic mass is 10.1. The zero-order valence-corrected chi connectivity index (χ0v) is 12.9. The van der Waals surface area contributed by atoms with Crippen molar-refractivity contribution in [2.75, 3.05) is 13.1 Å². The van der Waals surface area contributed by atoms with Crippen molar-refractivity contribution in [3.05, 3.63) is 48.2 Å². The average molecular weight is 270 g/mol. The zero-order valence-electron chi connectivity index (χ0n) is 12.9. The monoisotopic (exact) mass is 270 g/mol. The highest BCUT2D eigenvalue weighted by Crippen LogP contribution is 2.22. The van der Waals surface area contributed by atoms with Gasteiger partial charge < -0.3 is 4.98 Å². The summed E-state index contributed by atoms with van der Waals surface area (Å²) >= 11 is 0. The molecule has 2 nitrogen and oxygen atoms in total. The fourth-order valence-electron chi connectivity index (χ4n) is 2.83. The molecule has 2 heteroatoms. The van der Waals surface area contributed by atoms with Crippen LogP contribution in [0, 0.1) is 6.92 Å². The first kappa shape index (κ1) is 14.9. The molecule has 0 aliphatic carbocycles. The summed E-state index contributed by atoms with van der Waals surface area (Å²) in [5, 5.41) is 1.37. The molecule has 0 aliphatic rings. The van der Waals surface area contributed by atoms with E-state index in [0.717, 1.165) is 19.5 Å². The number of aromatic amines is 1. The second-order valence-corrected chi connectivity index (χ2v) is 5.57. The quantitative estimate of drug-likeness (QED) is 0.743. The molecule has 2 rings (SSSR count). The molecule has 108 valence electrons. The summed E-state index contributed by atoms with van der Waals surface area (Å²) in [5.41, 5.74) is 4.01. The molecule has 0 amide bonds. The van der Waals surface area contributed by atoms with Crippen molar-refractivity contribution in [1.82, 2.24) is 9.88 Å². The van der Waals surface area contributed by atoms with Gasteiger partial charge in [0, 0.05) is 35.7 Å². The number of hydrogen-bond acceptors (Lipinski definition) is 1. The van der Waals surface area contributed by atoms with Gasteiger partial charge in [-0.3, -0.25) is 4.90 Å². The standard InChI is InChI=1S/C18H26N2/c1-5-12-20(14(3)6-2)13-11-16-15(4)19-18-10-8-7-9-17(16)18/h5,7-10,14,19H,1,6,11-13H2,2-4H3. The third-order valence-electron chi connectivity index (χ3n) is 4.25. The van der Waals surface area contributed by atoms with Crippen LogP contribution in [0.2, 0.25) is 0 Å². The molecule has 0 saturated carbocycles. The second-order valence-electron chi connectivity index (χ2n) is 5.57. The highest BCUT2D eigenvalue weighted by molar-refractivity contribution is 5.84. The van der Waals surface area contributed by atoms with Crippen LogP contribution in [0.15, 0.2) is 36.9 Å². The Morgan fingerprint density at radius 1 is 1.35 bits per heavy atom. The third kappa shape index (κ3) is 3.13. The second kappa shape index (κ2) is 6.76. The minimum absolute atomic E-state index is 0.610. The zero-order chi connectivity index (χ0) is 14.5. The Labute approximate surface area is 122 Å². The number of aromatic nitrogens is 1. The van der Waals surface area contributed by atoms with Crippen molar-refractivity contribution in [3.8, 4) is 0 Å². The molecule has 1 N–H and O–H groups in total. The average Bonchev–Trinajstić information content (AvgIpc) is 2.78. The van der Waals surface area contributed by atoms with E-state index in [-0.39, 0.29) is 0 Å². The largest absolute Gasteiger partial charge is 0.358 e. The Balaban J connectivity index is 2.15. The molecule has 1 heterocycles. The van der Waals surface area contributed by atoms with Crippen molar-refractivity contribution in [3.63, 3.8) is 0 Å². The number of rotatable bonds is 7. The van der Waals surface area contributed by atoms with Crippen LogP contribution < -0.4 is 0 Å². The number of hydrogen-bond donors (Lipinski definition) is 1. The van der Waals surface area contributed by atoms with Crippen LogP contribution in [0.5, 0.6) is 0 Å². The SMILES string of the molecule is C=CCN(CCc1c(C)[nH]c2ccccc12)C(C)CC. The van der Waals surface area contributed by atoms with Gasteiger partial charge in [0.05, 0.1) is 0 Å². The van der Waals surface area contributed by atoms with Gasteiger partial charge in [-0.25, -0.2) is 0 Å². The van der Waals surface area contributed by atoms with Crippen molar-refractivity contribution >= 4 is 10.9 Å². The maximum absolute atomic E-state index is 3.88. The Kier molecular flexibility index (Phi) is 5.02. The van der Waals surface area contributed by atoms with Gasteiger partial charge in [0.2, 0.25) is 0 Å². The molecule has 0 saturated heterocycles. The van der Waals surface area contributed by atoms with Gasteiger partial charge in [-0.05, 0) is 38.3 Å². The summed E-state index contributed by atoms with van der Waals surface area (Å²) in [6, 6.07) is 9.19. The Morgan fingerprint density at radius 2 is 2.10 bits per heavy atom. The van der Waals surface area contributed by atoms with E-state index in [4.69, 9.17) is 0 Å². The number of nitrogens with one attached hydrogen (secondary N) is 1. The molecular weight excluding hydrogens is 244 g/mol. The Morgan fingerprint density at radius 3 is 2.80 bits per heavy atom. The molecule has 0 spiro atoms. The number of nitrogens with zero attached hydrogens (tertiary/aromatic N) is 1. The fourth-order valence-corrected chi connectivity index (χ4v) is 2.83. The van der Waals surface area contributed by atoms with E-state index in [1.54, 1.807) is 0 Å². The van der Waals surface area contributed by atoms with Gasteiger partial charge in [0.1, 0.15) is 0 Å². The van der Waals surface area contributed by atoms with Crippen LogP contribution >= 0.6 is 0 Å². The predicted octanol–water partition coefficient (Wildman–Crippen LogP) is 4.31. The van der Waals surface area contributed by atoms with E-state index in [1.807, 2.05) is 6.08 Å². The fraction of sp³-hybridized carbons (Fsp3) is 0.444. The predicted molar refractivity (Wildman–Crippen MR) is 88.3 cm³/mol. The third-order valence-corrected chi connectivity index (χ3v) is 4.25. The van der Waals surface area contributed by atoms with Crippen LogP contribution in [-0.4, -0.2) is 29.0 Å². The van der Waals surface area contributed by atoms with E-state index in [1.165, 1.54) is 28.6 Å². The summed E-state index contributed by atoms with van der Waals surface area (Å²) < 4.78 is 0. The normalized spacial score (nSPS) is 13.0. The van der Waals surface area contributed by atoms with Gasteiger partial charge in [-0.2, -0.15) is 0 Å². The summed E-state index contributed by atoms with van der Waals surface area (Å²) in [7, 11) is 0. The van der Waals surface area contributed by atoms with Crippen LogP contribution in [0.25, 0.3) is 10.9 Å². The molecule has 1 atom stereocenters. The topological polar surface area (TPSA) is 19.0 Å². The molecule has 2 aromatic rings. The smallest absolute Gasteiger partial charge is 0.0458 e. The molecule has 1 unspecified atom stereocenters. The molecule has 0 aliphatic heterocycles. The van der Waals surface area contributed by atoms with Crippen LogP contribution in [-0.2, 0) is 6.42 Å². The Hall–Kier alpha value is -1.54. The first-order valence-electron chi connectivity index (χ1n) is 7.58. The maximum atomic E-state index is 3.88. The van der Waals surface area contributed by atoms with E-state index >= 15 is 0 Å². The first-order chi connectivity index (χ1) is 9.67. The number of fused-ring (bicyclic) bond motifs is 1. The van der Waals surface area contributed by atoms with Crippen molar-refractivity contribution < 1.29 is 0 Å². The summed E-state index contributed by atoms with van der Waals surface area (Å²) in [6.45, 7) is 12.7. The maximum Gasteiger partial charge on any atom is 0.0458 e. The Bertz CT molecular complexity index is 568. The number of para-hydroxylation sites is 1. The number of benzene rings is 1. The summed E-state index contributed by atoms with van der Waals surface area (Å²) in [4.78, 5) is 6.00. The van der Waals surface area contributed by atoms with Gasteiger partial charge >= 0.3 is 0 Å². The number of aryl methyl sites for hydroxylation is 1. The van der Waals surface area contributed by atoms with Crippen molar-refractivity contribution in [2.24, 2.45) is 0 Å². The molecule has 0 fully saturated rings. The lowest BCUT2D eigenvalue weighted by molar-refractivity contribution is 0.229. The number of H-pyrrole nitrogens is 1. The molecular formula is C18H26N2. The van der Waals surface area contributed by atoms with Gasteiger partial charge in [-0.1, -0.05) is 31.2 Å². The highest BCUT2D eigenvalue weighted by atomic mass is 15.1. The lowest BCUT2D eigenvalue weighted by Crippen LogP contribution is -2.34. The van der Waals surface area contributed by atoms with E-state index in [2.05, 4.69) is 61.5 Å². The van der Waals surface area contributed by atoms with Gasteiger partial charge in [0.25, 0.3) is 0 Å². The molecule has 1 aromatic carbocycles.